The molecule has 0 saturated heterocycles. The Labute approximate surface area is 130 Å². The van der Waals surface area contributed by atoms with Gasteiger partial charge >= 0.3 is 13.6 Å². The molecule has 0 aliphatic carbocycles. The SMILES string of the molecule is CC(C)NC(=O)N(CCCP(=O)(O)O)OCc1ccccc1. The summed E-state index contributed by atoms with van der Waals surface area (Å²) in [6.45, 7) is 3.96. The molecule has 22 heavy (non-hydrogen) atoms. The van der Waals surface area contributed by atoms with Crippen LogP contribution in [0, 0.1) is 0 Å². The van der Waals surface area contributed by atoms with Crippen molar-refractivity contribution in [3.05, 3.63) is 35.9 Å². The Morgan fingerprint density at radius 3 is 2.50 bits per heavy atom. The molecule has 0 bridgehead atoms. The van der Waals surface area contributed by atoms with Crippen LogP contribution in [0.4, 0.5) is 4.79 Å². The van der Waals surface area contributed by atoms with Crippen LogP contribution in [0.5, 0.6) is 0 Å². The lowest BCUT2D eigenvalue weighted by Crippen LogP contribution is -2.43. The number of hydrogen-bond acceptors (Lipinski definition) is 3. The molecule has 0 aliphatic heterocycles. The van der Waals surface area contributed by atoms with Gasteiger partial charge in [-0.1, -0.05) is 30.3 Å². The second-order valence-electron chi connectivity index (χ2n) is 5.21. The second-order valence-corrected chi connectivity index (χ2v) is 6.98. The Morgan fingerprint density at radius 1 is 1.32 bits per heavy atom. The highest BCUT2D eigenvalue weighted by atomic mass is 31.2. The van der Waals surface area contributed by atoms with E-state index in [9.17, 15) is 9.36 Å². The number of urea groups is 1. The number of hydroxylamine groups is 2. The van der Waals surface area contributed by atoms with Crippen LogP contribution in [0.1, 0.15) is 25.8 Å². The second kappa shape index (κ2) is 8.90. The van der Waals surface area contributed by atoms with E-state index in [1.807, 2.05) is 44.2 Å². The summed E-state index contributed by atoms with van der Waals surface area (Å²) < 4.78 is 10.9. The molecular formula is C14H23N2O5P. The van der Waals surface area contributed by atoms with Gasteiger partial charge in [-0.25, -0.2) is 9.86 Å². The molecule has 0 saturated carbocycles. The highest BCUT2D eigenvalue weighted by molar-refractivity contribution is 7.51. The summed E-state index contributed by atoms with van der Waals surface area (Å²) in [4.78, 5) is 35.2. The Hall–Kier alpha value is -1.40. The van der Waals surface area contributed by atoms with Crippen molar-refractivity contribution in [1.29, 1.82) is 0 Å². The monoisotopic (exact) mass is 330 g/mol. The molecule has 0 atom stereocenters. The lowest BCUT2D eigenvalue weighted by molar-refractivity contribution is -0.128. The summed E-state index contributed by atoms with van der Waals surface area (Å²) >= 11 is 0. The van der Waals surface area contributed by atoms with Crippen LogP contribution in [-0.2, 0) is 16.0 Å². The number of nitrogens with one attached hydrogen (secondary N) is 1. The van der Waals surface area contributed by atoms with Gasteiger partial charge in [0.25, 0.3) is 0 Å². The van der Waals surface area contributed by atoms with Crippen LogP contribution in [0.2, 0.25) is 0 Å². The van der Waals surface area contributed by atoms with Gasteiger partial charge in [-0.3, -0.25) is 9.40 Å². The van der Waals surface area contributed by atoms with Crippen LogP contribution in [0.25, 0.3) is 0 Å². The van der Waals surface area contributed by atoms with E-state index in [0.29, 0.717) is 0 Å². The standard InChI is InChI=1S/C14H23N2O5P/c1-12(2)15-14(17)16(9-6-10-22(18,19)20)21-11-13-7-4-3-5-8-13/h3-5,7-8,12H,6,9-11H2,1-2H3,(H,15,17)(H2,18,19,20). The Kier molecular flexibility index (Phi) is 7.55. The molecule has 0 fully saturated rings. The predicted molar refractivity (Wildman–Crippen MR) is 83.1 cm³/mol. The number of rotatable bonds is 8. The van der Waals surface area contributed by atoms with E-state index in [1.54, 1.807) is 0 Å². The van der Waals surface area contributed by atoms with E-state index >= 15 is 0 Å². The molecule has 0 unspecified atom stereocenters. The van der Waals surface area contributed by atoms with Gasteiger partial charge in [-0.2, -0.15) is 0 Å². The van der Waals surface area contributed by atoms with Crippen molar-refractivity contribution in [1.82, 2.24) is 10.4 Å². The predicted octanol–water partition coefficient (Wildman–Crippen LogP) is 2.11. The number of carbonyl (C=O) groups excluding carboxylic acids is 1. The quantitative estimate of drug-likeness (QED) is 0.501. The molecule has 3 N–H and O–H groups in total. The van der Waals surface area contributed by atoms with E-state index in [0.717, 1.165) is 10.6 Å². The first kappa shape index (κ1) is 18.6. The number of benzene rings is 1. The molecule has 0 aromatic heterocycles. The first-order valence-corrected chi connectivity index (χ1v) is 8.87. The fraction of sp³-hybridized carbons (Fsp3) is 0.500. The molecule has 1 aromatic rings. The molecule has 2 amide bonds. The highest BCUT2D eigenvalue weighted by Crippen LogP contribution is 2.34. The molecule has 0 spiro atoms. The lowest BCUT2D eigenvalue weighted by atomic mass is 10.2. The van der Waals surface area contributed by atoms with Crippen LogP contribution in [0.3, 0.4) is 0 Å². The average Bonchev–Trinajstić information content (AvgIpc) is 2.41. The molecule has 1 rings (SSSR count). The molecule has 8 heteroatoms. The number of hydrogen-bond donors (Lipinski definition) is 3. The average molecular weight is 330 g/mol. The first-order valence-electron chi connectivity index (χ1n) is 7.07. The third-order valence-electron chi connectivity index (χ3n) is 2.68. The Morgan fingerprint density at radius 2 is 1.95 bits per heavy atom. The van der Waals surface area contributed by atoms with Crippen LogP contribution < -0.4 is 5.32 Å². The van der Waals surface area contributed by atoms with Gasteiger partial charge in [0.15, 0.2) is 0 Å². The van der Waals surface area contributed by atoms with Crippen molar-refractivity contribution < 1.29 is 24.0 Å². The van der Waals surface area contributed by atoms with Crippen LogP contribution in [-0.4, -0.2) is 39.6 Å². The number of carbonyl (C=O) groups is 1. The van der Waals surface area contributed by atoms with Gasteiger partial charge < -0.3 is 15.1 Å². The molecule has 124 valence electrons. The zero-order valence-electron chi connectivity index (χ0n) is 12.8. The molecule has 0 aliphatic rings. The summed E-state index contributed by atoms with van der Waals surface area (Å²) in [5, 5.41) is 3.81. The molecular weight excluding hydrogens is 307 g/mol. The van der Waals surface area contributed by atoms with Crippen molar-refractivity contribution in [2.24, 2.45) is 0 Å². The van der Waals surface area contributed by atoms with Crippen molar-refractivity contribution >= 4 is 13.6 Å². The van der Waals surface area contributed by atoms with Crippen molar-refractivity contribution in [3.63, 3.8) is 0 Å². The summed E-state index contributed by atoms with van der Waals surface area (Å²) in [5.74, 6) is 0. The third kappa shape index (κ3) is 8.14. The maximum absolute atomic E-state index is 12.0. The highest BCUT2D eigenvalue weighted by Gasteiger charge is 2.18. The van der Waals surface area contributed by atoms with Gasteiger partial charge in [0, 0.05) is 6.04 Å². The summed E-state index contributed by atoms with van der Waals surface area (Å²) in [7, 11) is -4.07. The van der Waals surface area contributed by atoms with Crippen molar-refractivity contribution in [2.75, 3.05) is 12.7 Å². The largest absolute Gasteiger partial charge is 0.341 e. The lowest BCUT2D eigenvalue weighted by Gasteiger charge is -2.23. The van der Waals surface area contributed by atoms with Crippen molar-refractivity contribution in [3.8, 4) is 0 Å². The maximum Gasteiger partial charge on any atom is 0.341 e. The van der Waals surface area contributed by atoms with Gasteiger partial charge in [0.1, 0.15) is 6.61 Å². The maximum atomic E-state index is 12.0. The van der Waals surface area contributed by atoms with Crippen LogP contribution >= 0.6 is 7.60 Å². The topological polar surface area (TPSA) is 99.1 Å². The number of nitrogens with zero attached hydrogens (tertiary/aromatic N) is 1. The fourth-order valence-corrected chi connectivity index (χ4v) is 2.24. The fourth-order valence-electron chi connectivity index (χ4n) is 1.69. The molecule has 0 heterocycles. The minimum absolute atomic E-state index is 0.0582. The molecule has 1 aromatic carbocycles. The van der Waals surface area contributed by atoms with E-state index in [4.69, 9.17) is 14.6 Å². The summed E-state index contributed by atoms with van der Waals surface area (Å²) in [5.41, 5.74) is 0.903. The normalized spacial score (nSPS) is 11.5. The minimum Gasteiger partial charge on any atom is -0.334 e. The van der Waals surface area contributed by atoms with Crippen LogP contribution in [0.15, 0.2) is 30.3 Å². The van der Waals surface area contributed by atoms with Gasteiger partial charge in [0.05, 0.1) is 12.7 Å². The van der Waals surface area contributed by atoms with E-state index in [1.165, 1.54) is 0 Å². The third-order valence-corrected chi connectivity index (χ3v) is 3.58. The van der Waals surface area contributed by atoms with E-state index in [-0.39, 0.29) is 31.8 Å². The minimum atomic E-state index is -4.07. The van der Waals surface area contributed by atoms with Gasteiger partial charge in [-0.05, 0) is 25.8 Å². The van der Waals surface area contributed by atoms with Crippen molar-refractivity contribution in [2.45, 2.75) is 32.9 Å². The number of amides is 2. The Bertz CT molecular complexity index is 503. The zero-order chi connectivity index (χ0) is 16.6. The van der Waals surface area contributed by atoms with E-state index in [2.05, 4.69) is 5.32 Å². The smallest absolute Gasteiger partial charge is 0.334 e. The molecule has 7 nitrogen and oxygen atoms in total. The van der Waals surface area contributed by atoms with E-state index < -0.39 is 13.6 Å². The first-order chi connectivity index (χ1) is 10.3. The summed E-state index contributed by atoms with van der Waals surface area (Å²) in [6.07, 6.45) is -0.127. The van der Waals surface area contributed by atoms with Gasteiger partial charge in [0.2, 0.25) is 0 Å². The summed E-state index contributed by atoms with van der Waals surface area (Å²) in [6, 6.07) is 8.87. The Balaban J connectivity index is 2.57. The zero-order valence-corrected chi connectivity index (χ0v) is 13.7. The van der Waals surface area contributed by atoms with Gasteiger partial charge in [-0.15, -0.1) is 0 Å². The molecule has 0 radical (unpaired) electrons.